The molecule has 3 heterocycles. The molecule has 0 radical (unpaired) electrons. The van der Waals surface area contributed by atoms with Gasteiger partial charge in [-0.1, -0.05) is 189 Å². The molecule has 2 fully saturated rings. The topological polar surface area (TPSA) is 81.6 Å². The van der Waals surface area contributed by atoms with E-state index in [0.717, 1.165) is 66.4 Å². The van der Waals surface area contributed by atoms with Gasteiger partial charge in [-0.05, 0) is 171 Å². The van der Waals surface area contributed by atoms with Gasteiger partial charge in [0.1, 0.15) is 0 Å². The molecule has 1 aromatic heterocycles. The van der Waals surface area contributed by atoms with E-state index in [-0.39, 0.29) is 11.3 Å². The normalized spacial score (nSPS) is 17.3. The Kier molecular flexibility index (Phi) is 13.3. The van der Waals surface area contributed by atoms with Gasteiger partial charge in [0, 0.05) is 52.2 Å². The number of fused-ring (bicyclic) bond motifs is 6. The fourth-order valence-corrected chi connectivity index (χ4v) is 13.6. The molecule has 4 aliphatic rings. The Labute approximate surface area is 478 Å². The van der Waals surface area contributed by atoms with Crippen molar-refractivity contribution in [3.63, 3.8) is 0 Å². The number of aromatic carboxylic acids is 1. The van der Waals surface area contributed by atoms with Gasteiger partial charge in [0.05, 0.1) is 11.3 Å². The van der Waals surface area contributed by atoms with Crippen molar-refractivity contribution in [1.82, 2.24) is 9.78 Å². The predicted octanol–water partition coefficient (Wildman–Crippen LogP) is 17.4. The molecule has 2 saturated carbocycles. The van der Waals surface area contributed by atoms with Gasteiger partial charge in [0.15, 0.2) is 5.69 Å². The van der Waals surface area contributed by atoms with Crippen LogP contribution in [0.25, 0.3) is 40.6 Å². The third kappa shape index (κ3) is 9.35. The van der Waals surface area contributed by atoms with Gasteiger partial charge < -0.3 is 14.9 Å². The van der Waals surface area contributed by atoms with Gasteiger partial charge >= 0.3 is 5.97 Å². The predicted molar refractivity (Wildman–Crippen MR) is 334 cm³/mol. The third-order valence-electron chi connectivity index (χ3n) is 17.4. The molecule has 9 aromatic carbocycles. The quantitative estimate of drug-likeness (QED) is 0.0888. The number of hydrogen-bond acceptors (Lipinski definition) is 4. The Morgan fingerprint density at radius 2 is 0.866 bits per heavy atom. The Hall–Kier alpha value is -9.94. The van der Waals surface area contributed by atoms with E-state index < -0.39 is 11.5 Å². The van der Waals surface area contributed by atoms with Crippen molar-refractivity contribution in [3.05, 3.63) is 320 Å². The Morgan fingerprint density at radius 3 is 1.27 bits per heavy atom. The fraction of sp³-hybridized carbons (Fsp3) is 0.133. The molecule has 0 amide bonds. The van der Waals surface area contributed by atoms with Crippen LogP contribution in [0.1, 0.15) is 122 Å². The standard InChI is InChI=1S/C75H60N4O3/c80-74-64(73(75(81)82)76-79(74)60-26-14-5-15-27-60)43-42-61(56-36-44-71-67(48-56)62-28-16-30-69(62)77(71)58-38-32-50(33-39-58)46-65(52-18-6-1-7-19-52)53-20-8-2-9-21-53)57-37-45-72-68(49-57)63-29-17-31-70(63)78(72)59-40-34-51(35-41-59)47-66(54-22-10-3-11-23-54)55-24-12-4-13-25-55/h1-15,18-27,32-41,43-49,62-63,69-70,76H,16-17,28-31H2,(H,81,82). The maximum absolute atomic E-state index is 14.3. The number of anilines is 4. The Bertz CT molecular complexity index is 3900. The van der Waals surface area contributed by atoms with Crippen LogP contribution in [0, 0.1) is 0 Å². The molecule has 14 rings (SSSR count). The molecule has 2 aliphatic heterocycles. The van der Waals surface area contributed by atoms with Crippen LogP contribution in [-0.4, -0.2) is 32.9 Å². The summed E-state index contributed by atoms with van der Waals surface area (Å²) in [4.78, 5) is 32.3. The minimum atomic E-state index is -1.22. The first kappa shape index (κ1) is 50.3. The average Bonchev–Trinajstić information content (AvgIpc) is 3.17. The maximum Gasteiger partial charge on any atom is 0.354 e. The van der Waals surface area contributed by atoms with E-state index in [1.165, 1.54) is 72.0 Å². The summed E-state index contributed by atoms with van der Waals surface area (Å²) in [6.07, 6.45) is 12.8. The second-order valence-corrected chi connectivity index (χ2v) is 22.1. The zero-order chi connectivity index (χ0) is 55.1. The molecule has 0 saturated heterocycles. The van der Waals surface area contributed by atoms with E-state index in [0.29, 0.717) is 29.6 Å². The lowest BCUT2D eigenvalue weighted by Crippen LogP contribution is -2.26. The minimum absolute atomic E-state index is 0.0381. The molecule has 7 nitrogen and oxygen atoms in total. The number of para-hydroxylation sites is 1. The average molecular weight is 1070 g/mol. The van der Waals surface area contributed by atoms with Crippen LogP contribution in [0.5, 0.6) is 0 Å². The first-order valence-corrected chi connectivity index (χ1v) is 28.7. The van der Waals surface area contributed by atoms with E-state index in [1.54, 1.807) is 18.2 Å². The molecule has 2 N–H and O–H groups in total. The van der Waals surface area contributed by atoms with Crippen LogP contribution < -0.4 is 15.4 Å². The number of carboxylic acids is 1. The van der Waals surface area contributed by atoms with Crippen molar-refractivity contribution < 1.29 is 9.90 Å². The number of nitrogens with zero attached hydrogens (tertiary/aromatic N) is 3. The van der Waals surface area contributed by atoms with Crippen molar-refractivity contribution in [2.75, 3.05) is 9.80 Å². The zero-order valence-corrected chi connectivity index (χ0v) is 45.4. The first-order chi connectivity index (χ1) is 40.4. The molecule has 0 spiro atoms. The van der Waals surface area contributed by atoms with Crippen LogP contribution in [-0.2, 0) is 0 Å². The van der Waals surface area contributed by atoms with Crippen molar-refractivity contribution >= 4 is 63.7 Å². The molecule has 10 aromatic rings. The molecule has 82 heavy (non-hydrogen) atoms. The number of benzene rings is 9. The van der Waals surface area contributed by atoms with E-state index in [4.69, 9.17) is 0 Å². The van der Waals surface area contributed by atoms with Crippen molar-refractivity contribution in [3.8, 4) is 5.69 Å². The SMILES string of the molecule is O=C(O)c1[nH]n(-c2ccccc2)c(=O)c1C=C=C(c1ccc2c(c1)C1CCCC1N2c1ccc(C=C(c2ccccc2)c2ccccc2)cc1)c1ccc2c(c1)C1CCCC1N2c1ccc(C=C(c2ccccc2)c2ccccc2)cc1. The van der Waals surface area contributed by atoms with Gasteiger partial charge in [-0.25, -0.2) is 9.48 Å². The molecule has 4 atom stereocenters. The first-order valence-electron chi connectivity index (χ1n) is 28.7. The summed E-state index contributed by atoms with van der Waals surface area (Å²) in [5.74, 6) is -0.548. The summed E-state index contributed by atoms with van der Waals surface area (Å²) in [7, 11) is 0. The lowest BCUT2D eigenvalue weighted by atomic mass is 9.89. The summed E-state index contributed by atoms with van der Waals surface area (Å²) >= 11 is 0. The smallest absolute Gasteiger partial charge is 0.354 e. The number of rotatable bonds is 13. The van der Waals surface area contributed by atoms with Gasteiger partial charge in [-0.3, -0.25) is 9.89 Å². The van der Waals surface area contributed by atoms with Crippen LogP contribution in [0.4, 0.5) is 22.7 Å². The fourth-order valence-electron chi connectivity index (χ4n) is 13.6. The number of H-pyrrole nitrogens is 1. The highest BCUT2D eigenvalue weighted by atomic mass is 16.4. The number of hydrogen-bond donors (Lipinski definition) is 2. The number of aromatic amines is 1. The van der Waals surface area contributed by atoms with E-state index in [9.17, 15) is 14.7 Å². The number of nitrogens with one attached hydrogen (secondary N) is 1. The molecular weight excluding hydrogens is 1000 g/mol. The molecule has 2 aliphatic carbocycles. The molecular formula is C75H60N4O3. The van der Waals surface area contributed by atoms with Gasteiger partial charge in [0.25, 0.3) is 5.56 Å². The minimum Gasteiger partial charge on any atom is -0.477 e. The summed E-state index contributed by atoms with van der Waals surface area (Å²) < 4.78 is 1.30. The molecule has 0 bridgehead atoms. The van der Waals surface area contributed by atoms with Gasteiger partial charge in [-0.2, -0.15) is 0 Å². The van der Waals surface area contributed by atoms with Crippen molar-refractivity contribution in [2.45, 2.75) is 62.4 Å². The largest absolute Gasteiger partial charge is 0.477 e. The molecule has 398 valence electrons. The number of carboxylic acid groups (broad SMARTS) is 1. The summed E-state index contributed by atoms with van der Waals surface area (Å²) in [6, 6.07) is 83.8. The lowest BCUT2D eigenvalue weighted by Gasteiger charge is -2.27. The highest BCUT2D eigenvalue weighted by Gasteiger charge is 2.44. The lowest BCUT2D eigenvalue weighted by molar-refractivity contribution is 0.0689. The van der Waals surface area contributed by atoms with Crippen LogP contribution in [0.3, 0.4) is 0 Å². The zero-order valence-electron chi connectivity index (χ0n) is 45.4. The second-order valence-electron chi connectivity index (χ2n) is 22.1. The highest BCUT2D eigenvalue weighted by Crippen LogP contribution is 2.55. The Morgan fingerprint density at radius 1 is 0.463 bits per heavy atom. The summed E-state index contributed by atoms with van der Waals surface area (Å²) in [5, 5.41) is 13.4. The summed E-state index contributed by atoms with van der Waals surface area (Å²) in [6.45, 7) is 0. The van der Waals surface area contributed by atoms with E-state index >= 15 is 0 Å². The van der Waals surface area contributed by atoms with Gasteiger partial charge in [0.2, 0.25) is 0 Å². The maximum atomic E-state index is 14.3. The summed E-state index contributed by atoms with van der Waals surface area (Å²) in [5.41, 5.74) is 23.0. The van der Waals surface area contributed by atoms with Crippen molar-refractivity contribution in [1.29, 1.82) is 0 Å². The Balaban J connectivity index is 0.848. The monoisotopic (exact) mass is 1060 g/mol. The second kappa shape index (κ2) is 21.6. The van der Waals surface area contributed by atoms with Crippen molar-refractivity contribution in [2.24, 2.45) is 0 Å². The number of carbonyl (C=O) groups is 1. The van der Waals surface area contributed by atoms with Gasteiger partial charge in [-0.15, -0.1) is 5.73 Å². The van der Waals surface area contributed by atoms with Crippen LogP contribution in [0.2, 0.25) is 0 Å². The molecule has 7 heteroatoms. The van der Waals surface area contributed by atoms with E-state index in [1.807, 2.05) is 18.2 Å². The number of aromatic nitrogens is 2. The van der Waals surface area contributed by atoms with Crippen LogP contribution >= 0.6 is 0 Å². The van der Waals surface area contributed by atoms with Crippen LogP contribution in [0.15, 0.2) is 247 Å². The van der Waals surface area contributed by atoms with E-state index in [2.05, 4.69) is 239 Å². The highest BCUT2D eigenvalue weighted by molar-refractivity contribution is 5.94. The molecule has 4 unspecified atom stereocenters. The third-order valence-corrected chi connectivity index (χ3v) is 17.4.